The number of hydrogen-bond donors (Lipinski definition) is 1. The van der Waals surface area contributed by atoms with E-state index in [2.05, 4.69) is 22.1 Å². The van der Waals surface area contributed by atoms with Crippen molar-refractivity contribution in [1.29, 1.82) is 0 Å². The van der Waals surface area contributed by atoms with Gasteiger partial charge in [0.25, 0.3) is 0 Å². The maximum Gasteiger partial charge on any atom is 0.322 e. The van der Waals surface area contributed by atoms with E-state index in [1.165, 1.54) is 5.56 Å². The summed E-state index contributed by atoms with van der Waals surface area (Å²) in [5, 5.41) is 2.99. The number of piperidine rings is 1. The number of likely N-dealkylation sites (tertiary alicyclic amines) is 1. The molecule has 2 aromatic rings. The average molecular weight is 399 g/mol. The number of carbonyl (C=O) groups excluding carboxylic acids is 1. The average Bonchev–Trinajstić information content (AvgIpc) is 2.78. The molecule has 1 N–H and O–H groups in total. The summed E-state index contributed by atoms with van der Waals surface area (Å²) in [4.78, 5) is 21.3. The standard InChI is InChI=1S/C22H30N4O3/c1-4-25(15-17-9-11-23-12-10-17)18-6-5-13-26(16-18)22(27)24-20-8-7-19(28-2)14-21(20)29-3/h7-12,14,18H,4-6,13,15-16H2,1-3H3,(H,24,27). The number of pyridine rings is 1. The predicted octanol–water partition coefficient (Wildman–Crippen LogP) is 3.62. The molecule has 7 nitrogen and oxygen atoms in total. The Morgan fingerprint density at radius 1 is 1.24 bits per heavy atom. The number of methoxy groups -OCH3 is 2. The molecule has 0 saturated carbocycles. The first-order chi connectivity index (χ1) is 14.1. The van der Waals surface area contributed by atoms with E-state index in [-0.39, 0.29) is 6.03 Å². The van der Waals surface area contributed by atoms with Crippen LogP contribution < -0.4 is 14.8 Å². The van der Waals surface area contributed by atoms with Gasteiger partial charge in [-0.2, -0.15) is 0 Å². The highest BCUT2D eigenvalue weighted by molar-refractivity contribution is 5.91. The molecule has 156 valence electrons. The molecule has 1 fully saturated rings. The third kappa shape index (κ3) is 5.38. The molecule has 2 amide bonds. The van der Waals surface area contributed by atoms with E-state index >= 15 is 0 Å². The Morgan fingerprint density at radius 2 is 2.03 bits per heavy atom. The van der Waals surface area contributed by atoms with Gasteiger partial charge in [-0.05, 0) is 49.2 Å². The molecule has 29 heavy (non-hydrogen) atoms. The van der Waals surface area contributed by atoms with Crippen LogP contribution in [-0.2, 0) is 6.54 Å². The number of urea groups is 1. The highest BCUT2D eigenvalue weighted by Crippen LogP contribution is 2.29. The molecular formula is C22H30N4O3. The molecular weight excluding hydrogens is 368 g/mol. The number of rotatable bonds is 7. The molecule has 7 heteroatoms. The van der Waals surface area contributed by atoms with Gasteiger partial charge in [0.1, 0.15) is 11.5 Å². The number of nitrogens with zero attached hydrogens (tertiary/aromatic N) is 3. The fraction of sp³-hybridized carbons (Fsp3) is 0.455. The second-order valence-corrected chi connectivity index (χ2v) is 7.16. The Morgan fingerprint density at radius 3 is 2.72 bits per heavy atom. The first-order valence-corrected chi connectivity index (χ1v) is 10.1. The van der Waals surface area contributed by atoms with Crippen molar-refractivity contribution < 1.29 is 14.3 Å². The molecule has 3 rings (SSSR count). The maximum absolute atomic E-state index is 12.9. The number of amides is 2. The molecule has 1 saturated heterocycles. The molecule has 0 aliphatic carbocycles. The van der Waals surface area contributed by atoms with Crippen LogP contribution in [0.25, 0.3) is 0 Å². The Labute approximate surface area is 172 Å². The lowest BCUT2D eigenvalue weighted by atomic mass is 10.0. The van der Waals surface area contributed by atoms with E-state index in [1.807, 2.05) is 35.5 Å². The summed E-state index contributed by atoms with van der Waals surface area (Å²) in [6, 6.07) is 9.72. The molecule has 1 aromatic carbocycles. The Bertz CT molecular complexity index is 800. The normalized spacial score (nSPS) is 16.6. The van der Waals surface area contributed by atoms with Crippen LogP contribution in [0.3, 0.4) is 0 Å². The number of aromatic nitrogens is 1. The van der Waals surface area contributed by atoms with E-state index in [0.29, 0.717) is 29.8 Å². The van der Waals surface area contributed by atoms with Crippen LogP contribution in [0.4, 0.5) is 10.5 Å². The van der Waals surface area contributed by atoms with Crippen molar-refractivity contribution in [2.45, 2.75) is 32.4 Å². The van der Waals surface area contributed by atoms with Gasteiger partial charge in [0.05, 0.1) is 19.9 Å². The van der Waals surface area contributed by atoms with Crippen molar-refractivity contribution in [2.24, 2.45) is 0 Å². The fourth-order valence-electron chi connectivity index (χ4n) is 3.76. The number of nitrogens with one attached hydrogen (secondary N) is 1. The van der Waals surface area contributed by atoms with Crippen molar-refractivity contribution in [2.75, 3.05) is 39.2 Å². The van der Waals surface area contributed by atoms with Gasteiger partial charge in [-0.25, -0.2) is 4.79 Å². The second-order valence-electron chi connectivity index (χ2n) is 7.16. The highest BCUT2D eigenvalue weighted by Gasteiger charge is 2.27. The van der Waals surface area contributed by atoms with Gasteiger partial charge in [0, 0.05) is 44.1 Å². The molecule has 1 unspecified atom stereocenters. The summed E-state index contributed by atoms with van der Waals surface area (Å²) in [5.41, 5.74) is 1.89. The van der Waals surface area contributed by atoms with Crippen LogP contribution in [0.1, 0.15) is 25.3 Å². The van der Waals surface area contributed by atoms with Crippen LogP contribution >= 0.6 is 0 Å². The largest absolute Gasteiger partial charge is 0.497 e. The number of benzene rings is 1. The minimum Gasteiger partial charge on any atom is -0.497 e. The quantitative estimate of drug-likeness (QED) is 0.772. The van der Waals surface area contributed by atoms with Crippen molar-refractivity contribution in [1.82, 2.24) is 14.8 Å². The third-order valence-corrected chi connectivity index (χ3v) is 5.39. The summed E-state index contributed by atoms with van der Waals surface area (Å²) in [5.74, 6) is 1.27. The Balaban J connectivity index is 1.64. The predicted molar refractivity (Wildman–Crippen MR) is 113 cm³/mol. The first-order valence-electron chi connectivity index (χ1n) is 10.1. The SMILES string of the molecule is CCN(Cc1ccncc1)C1CCCN(C(=O)Nc2ccc(OC)cc2OC)C1. The molecule has 1 aliphatic heterocycles. The summed E-state index contributed by atoms with van der Waals surface area (Å²) >= 11 is 0. The van der Waals surface area contributed by atoms with E-state index in [0.717, 1.165) is 32.5 Å². The zero-order chi connectivity index (χ0) is 20.6. The van der Waals surface area contributed by atoms with Crippen LogP contribution in [0.15, 0.2) is 42.7 Å². The monoisotopic (exact) mass is 398 g/mol. The van der Waals surface area contributed by atoms with Crippen molar-refractivity contribution in [3.05, 3.63) is 48.3 Å². The molecule has 0 radical (unpaired) electrons. The molecule has 1 aliphatic rings. The number of likely N-dealkylation sites (N-methyl/N-ethyl adjacent to an activating group) is 1. The van der Waals surface area contributed by atoms with Crippen molar-refractivity contribution >= 4 is 11.7 Å². The fourth-order valence-corrected chi connectivity index (χ4v) is 3.76. The summed E-state index contributed by atoms with van der Waals surface area (Å²) in [6.07, 6.45) is 5.73. The minimum absolute atomic E-state index is 0.0990. The van der Waals surface area contributed by atoms with Gasteiger partial charge >= 0.3 is 6.03 Å². The number of carbonyl (C=O) groups is 1. The summed E-state index contributed by atoms with van der Waals surface area (Å²) in [7, 11) is 3.19. The number of anilines is 1. The van der Waals surface area contributed by atoms with E-state index in [1.54, 1.807) is 26.4 Å². The molecule has 2 heterocycles. The third-order valence-electron chi connectivity index (χ3n) is 5.39. The van der Waals surface area contributed by atoms with Gasteiger partial charge in [-0.15, -0.1) is 0 Å². The number of ether oxygens (including phenoxy) is 2. The Kier molecular flexibility index (Phi) is 7.30. The topological polar surface area (TPSA) is 66.9 Å². The second kappa shape index (κ2) is 10.1. The zero-order valence-corrected chi connectivity index (χ0v) is 17.4. The number of hydrogen-bond acceptors (Lipinski definition) is 5. The molecule has 1 aromatic heterocycles. The maximum atomic E-state index is 12.9. The lowest BCUT2D eigenvalue weighted by molar-refractivity contribution is 0.112. The van der Waals surface area contributed by atoms with Crippen LogP contribution in [0.2, 0.25) is 0 Å². The molecule has 0 spiro atoms. The van der Waals surface area contributed by atoms with Crippen LogP contribution in [-0.4, -0.2) is 60.7 Å². The first kappa shape index (κ1) is 20.9. The van der Waals surface area contributed by atoms with Crippen LogP contribution in [0, 0.1) is 0 Å². The van der Waals surface area contributed by atoms with Gasteiger partial charge in [0.15, 0.2) is 0 Å². The van der Waals surface area contributed by atoms with E-state index in [9.17, 15) is 4.79 Å². The van der Waals surface area contributed by atoms with Gasteiger partial charge in [0.2, 0.25) is 0 Å². The molecule has 0 bridgehead atoms. The Hall–Kier alpha value is -2.80. The minimum atomic E-state index is -0.0990. The zero-order valence-electron chi connectivity index (χ0n) is 17.4. The van der Waals surface area contributed by atoms with Gasteiger partial charge in [-0.1, -0.05) is 6.92 Å². The van der Waals surface area contributed by atoms with Gasteiger partial charge in [-0.3, -0.25) is 9.88 Å². The lowest BCUT2D eigenvalue weighted by Gasteiger charge is -2.39. The highest BCUT2D eigenvalue weighted by atomic mass is 16.5. The van der Waals surface area contributed by atoms with E-state index in [4.69, 9.17) is 9.47 Å². The smallest absolute Gasteiger partial charge is 0.322 e. The van der Waals surface area contributed by atoms with E-state index < -0.39 is 0 Å². The lowest BCUT2D eigenvalue weighted by Crippen LogP contribution is -2.50. The molecule has 1 atom stereocenters. The van der Waals surface area contributed by atoms with Crippen molar-refractivity contribution in [3.8, 4) is 11.5 Å². The summed E-state index contributed by atoms with van der Waals surface area (Å²) in [6.45, 7) is 5.44. The van der Waals surface area contributed by atoms with Gasteiger partial charge < -0.3 is 19.7 Å². The van der Waals surface area contributed by atoms with Crippen molar-refractivity contribution in [3.63, 3.8) is 0 Å². The van der Waals surface area contributed by atoms with Crippen LogP contribution in [0.5, 0.6) is 11.5 Å². The summed E-state index contributed by atoms with van der Waals surface area (Å²) < 4.78 is 10.6.